The van der Waals surface area contributed by atoms with E-state index in [-0.39, 0.29) is 0 Å². The van der Waals surface area contributed by atoms with Gasteiger partial charge in [-0.05, 0) is 44.0 Å². The number of nitrogens with one attached hydrogen (secondary N) is 1. The van der Waals surface area contributed by atoms with Crippen LogP contribution < -0.4 is 5.32 Å². The van der Waals surface area contributed by atoms with Crippen molar-refractivity contribution in [3.05, 3.63) is 30.1 Å². The Hall–Kier alpha value is -1.33. The summed E-state index contributed by atoms with van der Waals surface area (Å²) in [5.41, 5.74) is 1.31. The fourth-order valence-electron chi connectivity index (χ4n) is 1.64. The van der Waals surface area contributed by atoms with E-state index in [0.717, 1.165) is 25.8 Å². The van der Waals surface area contributed by atoms with E-state index in [1.165, 1.54) is 5.56 Å². The van der Waals surface area contributed by atoms with Gasteiger partial charge in [0.25, 0.3) is 0 Å². The van der Waals surface area contributed by atoms with Gasteiger partial charge >= 0.3 is 0 Å². The maximum absolute atomic E-state index is 4.05. The van der Waals surface area contributed by atoms with E-state index in [9.17, 15) is 0 Å². The molecule has 2 nitrogen and oxygen atoms in total. The first-order chi connectivity index (χ1) is 7.88. The van der Waals surface area contributed by atoms with Gasteiger partial charge < -0.3 is 5.32 Å². The number of nitrogens with zero attached hydrogens (tertiary/aromatic N) is 1. The Kier molecular flexibility index (Phi) is 6.29. The fraction of sp³-hybridized carbons (Fsp3) is 0.500. The summed E-state index contributed by atoms with van der Waals surface area (Å²) in [6, 6.07) is 4.56. The van der Waals surface area contributed by atoms with E-state index in [0.29, 0.717) is 6.04 Å². The third-order valence-corrected chi connectivity index (χ3v) is 2.48. The van der Waals surface area contributed by atoms with Gasteiger partial charge in [0, 0.05) is 24.9 Å². The zero-order valence-corrected chi connectivity index (χ0v) is 10.2. The van der Waals surface area contributed by atoms with Crippen molar-refractivity contribution < 1.29 is 0 Å². The lowest BCUT2D eigenvalue weighted by Crippen LogP contribution is -2.22. The third-order valence-electron chi connectivity index (χ3n) is 2.48. The zero-order chi connectivity index (χ0) is 11.6. The molecule has 0 saturated carbocycles. The molecule has 0 aliphatic rings. The van der Waals surface area contributed by atoms with Crippen LogP contribution in [0.2, 0.25) is 0 Å². The normalized spacial score (nSPS) is 11.6. The van der Waals surface area contributed by atoms with E-state index in [1.807, 2.05) is 19.3 Å². The Bertz CT molecular complexity index is 335. The maximum atomic E-state index is 4.05. The largest absolute Gasteiger partial charge is 0.310 e. The summed E-state index contributed by atoms with van der Waals surface area (Å²) >= 11 is 0. The van der Waals surface area contributed by atoms with Crippen LogP contribution in [-0.4, -0.2) is 11.5 Å². The molecule has 0 aliphatic carbocycles. The molecule has 0 saturated heterocycles. The molecule has 1 rings (SSSR count). The van der Waals surface area contributed by atoms with Gasteiger partial charge in [0.05, 0.1) is 0 Å². The summed E-state index contributed by atoms with van der Waals surface area (Å²) in [4.78, 5) is 4.05. The van der Waals surface area contributed by atoms with Crippen molar-refractivity contribution in [3.8, 4) is 11.8 Å². The SMILES string of the molecule is CC#CCCC(NCCC)c1ccncc1. The quantitative estimate of drug-likeness (QED) is 0.740. The minimum absolute atomic E-state index is 0.406. The second kappa shape index (κ2) is 7.90. The smallest absolute Gasteiger partial charge is 0.0330 e. The van der Waals surface area contributed by atoms with Gasteiger partial charge in [0.1, 0.15) is 0 Å². The van der Waals surface area contributed by atoms with E-state index in [1.54, 1.807) is 0 Å². The first kappa shape index (κ1) is 12.7. The van der Waals surface area contributed by atoms with Gasteiger partial charge in [-0.15, -0.1) is 11.8 Å². The van der Waals surface area contributed by atoms with Crippen molar-refractivity contribution in [2.45, 2.75) is 39.2 Å². The summed E-state index contributed by atoms with van der Waals surface area (Å²) in [7, 11) is 0. The number of hydrogen-bond donors (Lipinski definition) is 1. The molecule has 0 aliphatic heterocycles. The molecule has 1 unspecified atom stereocenters. The second-order valence-corrected chi connectivity index (χ2v) is 3.75. The standard InChI is InChI=1S/C14H20N2/c1-3-5-6-7-14(16-10-4-2)13-8-11-15-12-9-13/h8-9,11-12,14,16H,4,6-7,10H2,1-2H3. The van der Waals surface area contributed by atoms with Gasteiger partial charge in [-0.2, -0.15) is 0 Å². The van der Waals surface area contributed by atoms with Crippen LogP contribution in [0, 0.1) is 11.8 Å². The fourth-order valence-corrected chi connectivity index (χ4v) is 1.64. The molecule has 1 N–H and O–H groups in total. The van der Waals surface area contributed by atoms with E-state index in [2.05, 4.69) is 41.2 Å². The molecule has 0 spiro atoms. The van der Waals surface area contributed by atoms with Crippen LogP contribution in [0.5, 0.6) is 0 Å². The predicted octanol–water partition coefficient (Wildman–Crippen LogP) is 2.93. The van der Waals surface area contributed by atoms with E-state index < -0.39 is 0 Å². The number of aromatic nitrogens is 1. The molecule has 2 heteroatoms. The molecular weight excluding hydrogens is 196 g/mol. The highest BCUT2D eigenvalue weighted by Gasteiger charge is 2.08. The highest BCUT2D eigenvalue weighted by atomic mass is 14.9. The molecule has 16 heavy (non-hydrogen) atoms. The lowest BCUT2D eigenvalue weighted by atomic mass is 10.0. The Morgan fingerprint density at radius 1 is 1.38 bits per heavy atom. The Morgan fingerprint density at radius 2 is 2.12 bits per heavy atom. The van der Waals surface area contributed by atoms with Gasteiger partial charge in [0.2, 0.25) is 0 Å². The second-order valence-electron chi connectivity index (χ2n) is 3.75. The molecule has 0 fully saturated rings. The van der Waals surface area contributed by atoms with Crippen molar-refractivity contribution >= 4 is 0 Å². The third kappa shape index (κ3) is 4.46. The monoisotopic (exact) mass is 216 g/mol. The molecule has 0 aromatic carbocycles. The summed E-state index contributed by atoms with van der Waals surface area (Å²) in [6.07, 6.45) is 6.86. The average molecular weight is 216 g/mol. The van der Waals surface area contributed by atoms with Crippen molar-refractivity contribution in [3.63, 3.8) is 0 Å². The lowest BCUT2D eigenvalue weighted by Gasteiger charge is -2.17. The molecule has 1 atom stereocenters. The number of pyridine rings is 1. The van der Waals surface area contributed by atoms with Crippen LogP contribution in [0.1, 0.15) is 44.7 Å². The first-order valence-corrected chi connectivity index (χ1v) is 5.91. The molecule has 1 aromatic rings. The van der Waals surface area contributed by atoms with Crippen LogP contribution >= 0.6 is 0 Å². The van der Waals surface area contributed by atoms with Gasteiger partial charge in [-0.3, -0.25) is 4.98 Å². The van der Waals surface area contributed by atoms with Crippen molar-refractivity contribution in [1.29, 1.82) is 0 Å². The Morgan fingerprint density at radius 3 is 2.75 bits per heavy atom. The summed E-state index contributed by atoms with van der Waals surface area (Å²) in [6.45, 7) is 5.12. The van der Waals surface area contributed by atoms with Crippen LogP contribution in [0.3, 0.4) is 0 Å². The van der Waals surface area contributed by atoms with Crippen molar-refractivity contribution in [2.75, 3.05) is 6.54 Å². The van der Waals surface area contributed by atoms with E-state index in [4.69, 9.17) is 0 Å². The predicted molar refractivity (Wildman–Crippen MR) is 68.0 cm³/mol. The van der Waals surface area contributed by atoms with Gasteiger partial charge in [-0.25, -0.2) is 0 Å². The summed E-state index contributed by atoms with van der Waals surface area (Å²) in [5, 5.41) is 3.55. The lowest BCUT2D eigenvalue weighted by molar-refractivity contribution is 0.505. The molecule has 1 heterocycles. The molecule has 0 bridgehead atoms. The highest BCUT2D eigenvalue weighted by Crippen LogP contribution is 2.17. The van der Waals surface area contributed by atoms with Crippen molar-refractivity contribution in [2.24, 2.45) is 0 Å². The number of rotatable bonds is 6. The molecular formula is C14H20N2. The maximum Gasteiger partial charge on any atom is 0.0330 e. The van der Waals surface area contributed by atoms with Gasteiger partial charge in [0.15, 0.2) is 0 Å². The first-order valence-electron chi connectivity index (χ1n) is 5.91. The number of hydrogen-bond acceptors (Lipinski definition) is 2. The zero-order valence-electron chi connectivity index (χ0n) is 10.2. The summed E-state index contributed by atoms with van der Waals surface area (Å²) < 4.78 is 0. The van der Waals surface area contributed by atoms with Crippen molar-refractivity contribution in [1.82, 2.24) is 10.3 Å². The van der Waals surface area contributed by atoms with Gasteiger partial charge in [-0.1, -0.05) is 6.92 Å². The minimum Gasteiger partial charge on any atom is -0.310 e. The Balaban J connectivity index is 2.58. The molecule has 1 aromatic heterocycles. The minimum atomic E-state index is 0.406. The Labute approximate surface area is 98.5 Å². The molecule has 0 amide bonds. The summed E-state index contributed by atoms with van der Waals surface area (Å²) in [5.74, 6) is 6.06. The van der Waals surface area contributed by atoms with Crippen LogP contribution in [0.25, 0.3) is 0 Å². The molecule has 86 valence electrons. The molecule has 0 radical (unpaired) electrons. The topological polar surface area (TPSA) is 24.9 Å². The van der Waals surface area contributed by atoms with Crippen LogP contribution in [0.4, 0.5) is 0 Å². The average Bonchev–Trinajstić information content (AvgIpc) is 2.35. The van der Waals surface area contributed by atoms with Crippen LogP contribution in [0.15, 0.2) is 24.5 Å². The van der Waals surface area contributed by atoms with E-state index >= 15 is 0 Å². The van der Waals surface area contributed by atoms with Crippen LogP contribution in [-0.2, 0) is 0 Å². The highest BCUT2D eigenvalue weighted by molar-refractivity contribution is 5.15.